The van der Waals surface area contributed by atoms with Gasteiger partial charge in [-0.3, -0.25) is 0 Å². The van der Waals surface area contributed by atoms with Crippen molar-refractivity contribution in [1.82, 2.24) is 9.97 Å². The van der Waals surface area contributed by atoms with Crippen molar-refractivity contribution in [3.63, 3.8) is 0 Å². The van der Waals surface area contributed by atoms with Crippen LogP contribution < -0.4 is 15.5 Å². The predicted molar refractivity (Wildman–Crippen MR) is 87.2 cm³/mol. The topological polar surface area (TPSA) is 70.2 Å². The molecule has 1 aromatic heterocycles. The maximum absolute atomic E-state index is 11.9. The number of hydrogen-bond donors (Lipinski definition) is 2. The second-order valence-electron chi connectivity index (χ2n) is 5.26. The molecule has 0 bridgehead atoms. The summed E-state index contributed by atoms with van der Waals surface area (Å²) in [5.74, 6) is 0.730. The molecule has 3 rings (SSSR count). The van der Waals surface area contributed by atoms with Crippen LogP contribution in [-0.2, 0) is 0 Å². The van der Waals surface area contributed by atoms with Crippen LogP contribution >= 0.6 is 0 Å². The number of hydrogen-bond acceptors (Lipinski definition) is 4. The van der Waals surface area contributed by atoms with E-state index in [0.717, 1.165) is 24.7 Å². The maximum atomic E-state index is 11.9. The van der Waals surface area contributed by atoms with Crippen LogP contribution in [0.15, 0.2) is 42.7 Å². The average molecular weight is 297 g/mol. The molecule has 2 aromatic rings. The number of nitrogens with one attached hydrogen (secondary N) is 2. The number of anilines is 3. The molecule has 0 atom stereocenters. The van der Waals surface area contributed by atoms with Crippen molar-refractivity contribution in [3.05, 3.63) is 42.7 Å². The van der Waals surface area contributed by atoms with Crippen molar-refractivity contribution in [2.24, 2.45) is 0 Å². The molecule has 1 saturated heterocycles. The highest BCUT2D eigenvalue weighted by Crippen LogP contribution is 2.16. The number of aromatic nitrogens is 2. The highest BCUT2D eigenvalue weighted by molar-refractivity contribution is 5.99. The third kappa shape index (κ3) is 3.72. The molecule has 0 unspecified atom stereocenters. The predicted octanol–water partition coefficient (Wildman–Crippen LogP) is 3.11. The number of carbonyl (C=O) groups is 1. The summed E-state index contributed by atoms with van der Waals surface area (Å²) in [7, 11) is 0. The summed E-state index contributed by atoms with van der Waals surface area (Å²) in [5.41, 5.74) is 1.32. The van der Waals surface area contributed by atoms with E-state index in [4.69, 9.17) is 0 Å². The van der Waals surface area contributed by atoms with Crippen LogP contribution in [0.25, 0.3) is 0 Å². The van der Waals surface area contributed by atoms with Crippen LogP contribution in [0.1, 0.15) is 19.3 Å². The monoisotopic (exact) mass is 297 g/mol. The second kappa shape index (κ2) is 6.89. The van der Waals surface area contributed by atoms with E-state index in [1.165, 1.54) is 19.3 Å². The van der Waals surface area contributed by atoms with E-state index in [1.807, 2.05) is 30.3 Å². The summed E-state index contributed by atoms with van der Waals surface area (Å²) in [6, 6.07) is 8.99. The molecule has 1 aliphatic heterocycles. The zero-order valence-corrected chi connectivity index (χ0v) is 12.3. The quantitative estimate of drug-likeness (QED) is 0.913. The minimum absolute atomic E-state index is 0.305. The Morgan fingerprint density at radius 2 is 1.55 bits per heavy atom. The van der Waals surface area contributed by atoms with E-state index in [0.29, 0.717) is 5.69 Å². The Bertz CT molecular complexity index is 608. The minimum atomic E-state index is -0.305. The molecule has 0 saturated carbocycles. The van der Waals surface area contributed by atoms with Gasteiger partial charge >= 0.3 is 6.03 Å². The molecule has 2 heterocycles. The van der Waals surface area contributed by atoms with Crippen molar-refractivity contribution in [2.75, 3.05) is 28.6 Å². The second-order valence-corrected chi connectivity index (χ2v) is 5.26. The first-order chi connectivity index (χ1) is 10.8. The summed E-state index contributed by atoms with van der Waals surface area (Å²) in [6.45, 7) is 2.00. The maximum Gasteiger partial charge on any atom is 0.323 e. The third-order valence-electron chi connectivity index (χ3n) is 3.57. The Labute approximate surface area is 129 Å². The Kier molecular flexibility index (Phi) is 4.48. The summed E-state index contributed by atoms with van der Waals surface area (Å²) in [4.78, 5) is 22.7. The normalized spacial score (nSPS) is 14.5. The lowest BCUT2D eigenvalue weighted by atomic mass is 10.1. The Morgan fingerprint density at radius 3 is 2.23 bits per heavy atom. The third-order valence-corrected chi connectivity index (χ3v) is 3.57. The van der Waals surface area contributed by atoms with Gasteiger partial charge in [0.25, 0.3) is 0 Å². The first-order valence-electron chi connectivity index (χ1n) is 7.51. The van der Waals surface area contributed by atoms with Gasteiger partial charge < -0.3 is 15.5 Å². The molecule has 114 valence electrons. The van der Waals surface area contributed by atoms with Crippen LogP contribution in [0, 0.1) is 0 Å². The van der Waals surface area contributed by atoms with Crippen molar-refractivity contribution in [2.45, 2.75) is 19.3 Å². The van der Waals surface area contributed by atoms with Crippen molar-refractivity contribution in [1.29, 1.82) is 0 Å². The molecule has 1 fully saturated rings. The fourth-order valence-electron chi connectivity index (χ4n) is 2.46. The number of piperidine rings is 1. The van der Waals surface area contributed by atoms with Gasteiger partial charge in [-0.2, -0.15) is 0 Å². The largest absolute Gasteiger partial charge is 0.341 e. The first kappa shape index (κ1) is 14.3. The molecule has 6 nitrogen and oxygen atoms in total. The lowest BCUT2D eigenvalue weighted by Crippen LogP contribution is -2.31. The van der Waals surface area contributed by atoms with E-state index < -0.39 is 0 Å². The standard InChI is InChI=1S/C16H19N5O/c22-16(19-13-7-3-1-4-8-13)20-14-11-17-15(18-12-14)21-9-5-2-6-10-21/h1,3-4,7-8,11-12H,2,5-6,9-10H2,(H2,19,20,22). The molecule has 22 heavy (non-hydrogen) atoms. The van der Waals surface area contributed by atoms with Gasteiger partial charge in [-0.15, -0.1) is 0 Å². The van der Waals surface area contributed by atoms with E-state index in [-0.39, 0.29) is 6.03 Å². The summed E-state index contributed by atoms with van der Waals surface area (Å²) in [5, 5.41) is 5.48. The molecule has 2 amide bonds. The van der Waals surface area contributed by atoms with E-state index >= 15 is 0 Å². The van der Waals surface area contributed by atoms with Crippen molar-refractivity contribution in [3.8, 4) is 0 Å². The van der Waals surface area contributed by atoms with Gasteiger partial charge in [0.1, 0.15) is 0 Å². The van der Waals surface area contributed by atoms with Gasteiger partial charge in [-0.25, -0.2) is 14.8 Å². The van der Waals surface area contributed by atoms with E-state index in [2.05, 4.69) is 25.5 Å². The van der Waals surface area contributed by atoms with E-state index in [1.54, 1.807) is 12.4 Å². The fourth-order valence-corrected chi connectivity index (χ4v) is 2.46. The number of rotatable bonds is 3. The van der Waals surface area contributed by atoms with Gasteiger partial charge in [-0.05, 0) is 31.4 Å². The van der Waals surface area contributed by atoms with Crippen LogP contribution in [0.3, 0.4) is 0 Å². The molecule has 6 heteroatoms. The van der Waals surface area contributed by atoms with Gasteiger partial charge in [-0.1, -0.05) is 18.2 Å². The molecule has 2 N–H and O–H groups in total. The van der Waals surface area contributed by atoms with Gasteiger partial charge in [0.2, 0.25) is 5.95 Å². The number of nitrogens with zero attached hydrogens (tertiary/aromatic N) is 3. The summed E-state index contributed by atoms with van der Waals surface area (Å²) >= 11 is 0. The van der Waals surface area contributed by atoms with Crippen molar-refractivity contribution < 1.29 is 4.79 Å². The number of para-hydroxylation sites is 1. The lowest BCUT2D eigenvalue weighted by molar-refractivity contribution is 0.262. The number of amides is 2. The molecule has 1 aromatic carbocycles. The Hall–Kier alpha value is -2.63. The van der Waals surface area contributed by atoms with Gasteiger partial charge in [0.15, 0.2) is 0 Å². The highest BCUT2D eigenvalue weighted by Gasteiger charge is 2.13. The van der Waals surface area contributed by atoms with Crippen LogP contribution in [0.2, 0.25) is 0 Å². The van der Waals surface area contributed by atoms with Crippen LogP contribution in [0.5, 0.6) is 0 Å². The number of benzene rings is 1. The zero-order chi connectivity index (χ0) is 15.2. The highest BCUT2D eigenvalue weighted by atomic mass is 16.2. The fraction of sp³-hybridized carbons (Fsp3) is 0.312. The first-order valence-corrected chi connectivity index (χ1v) is 7.51. The number of carbonyl (C=O) groups excluding carboxylic acids is 1. The smallest absolute Gasteiger partial charge is 0.323 e. The van der Waals surface area contributed by atoms with Crippen LogP contribution in [0.4, 0.5) is 22.1 Å². The lowest BCUT2D eigenvalue weighted by Gasteiger charge is -2.26. The van der Waals surface area contributed by atoms with Gasteiger partial charge in [0.05, 0.1) is 18.1 Å². The molecular formula is C16H19N5O. The van der Waals surface area contributed by atoms with E-state index in [9.17, 15) is 4.79 Å². The SMILES string of the molecule is O=C(Nc1ccccc1)Nc1cnc(N2CCCCC2)nc1. The van der Waals surface area contributed by atoms with Gasteiger partial charge in [0, 0.05) is 18.8 Å². The summed E-state index contributed by atoms with van der Waals surface area (Å²) in [6.07, 6.45) is 6.92. The molecule has 0 spiro atoms. The summed E-state index contributed by atoms with van der Waals surface area (Å²) < 4.78 is 0. The van der Waals surface area contributed by atoms with Crippen molar-refractivity contribution >= 4 is 23.4 Å². The Balaban J connectivity index is 1.57. The average Bonchev–Trinajstić information content (AvgIpc) is 2.57. The Morgan fingerprint density at radius 1 is 0.909 bits per heavy atom. The zero-order valence-electron chi connectivity index (χ0n) is 12.3. The molecular weight excluding hydrogens is 278 g/mol. The molecule has 0 radical (unpaired) electrons. The molecule has 0 aliphatic carbocycles. The minimum Gasteiger partial charge on any atom is -0.341 e. The molecule has 1 aliphatic rings. The van der Waals surface area contributed by atoms with Crippen LogP contribution in [-0.4, -0.2) is 29.1 Å². The number of urea groups is 1.